The molecule has 1 fully saturated rings. The van der Waals surface area contributed by atoms with Gasteiger partial charge >= 0.3 is 0 Å². The maximum absolute atomic E-state index is 8.91. The molecular weight excluding hydrogens is 160 g/mol. The molecule has 4 unspecified atom stereocenters. The van der Waals surface area contributed by atoms with Crippen molar-refractivity contribution in [3.8, 4) is 0 Å². The minimum atomic E-state index is -1.34. The molecule has 0 bridgehead atoms. The van der Waals surface area contributed by atoms with Crippen LogP contribution in [0.25, 0.3) is 0 Å². The van der Waals surface area contributed by atoms with Crippen LogP contribution in [0.4, 0.5) is 0 Å². The van der Waals surface area contributed by atoms with Crippen LogP contribution in [0, 0.1) is 0 Å². The number of hydrogen-bond donors (Lipinski definition) is 4. The van der Waals surface area contributed by atoms with Crippen molar-refractivity contribution in [1.29, 1.82) is 0 Å². The van der Waals surface area contributed by atoms with Gasteiger partial charge in [-0.2, -0.15) is 0 Å². The fourth-order valence-electron chi connectivity index (χ4n) is 0.983. The van der Waals surface area contributed by atoms with E-state index in [9.17, 15) is 0 Å². The van der Waals surface area contributed by atoms with Gasteiger partial charge in [0.05, 0.1) is 5.38 Å². The molecule has 4 N–H and O–H groups in total. The molecule has 0 aromatic heterocycles. The molecule has 1 rings (SSSR count). The molecule has 0 spiro atoms. The second-order valence-corrected chi connectivity index (χ2v) is 2.91. The number of halogens is 1. The van der Waals surface area contributed by atoms with Gasteiger partial charge < -0.3 is 20.4 Å². The highest BCUT2D eigenvalue weighted by molar-refractivity contribution is 6.21. The molecule has 0 saturated heterocycles. The Labute approximate surface area is 62.7 Å². The van der Waals surface area contributed by atoms with Gasteiger partial charge in [0.2, 0.25) is 0 Å². The van der Waals surface area contributed by atoms with E-state index in [1.54, 1.807) is 0 Å². The summed E-state index contributed by atoms with van der Waals surface area (Å²) in [4.78, 5) is 0. The predicted octanol–water partition coefficient (Wildman–Crippen LogP) is -1.95. The fraction of sp³-hybridized carbons (Fsp3) is 1.00. The Kier molecular flexibility index (Phi) is 2.17. The molecule has 1 aliphatic rings. The Morgan fingerprint density at radius 3 is 1.10 bits per heavy atom. The molecule has 0 amide bonds. The van der Waals surface area contributed by atoms with Crippen molar-refractivity contribution in [3.63, 3.8) is 0 Å². The molecule has 5 heteroatoms. The Morgan fingerprint density at radius 2 is 1.00 bits per heavy atom. The summed E-state index contributed by atoms with van der Waals surface area (Å²) in [5.74, 6) is 0. The summed E-state index contributed by atoms with van der Waals surface area (Å²) in [5, 5.41) is 34.6. The van der Waals surface area contributed by atoms with E-state index < -0.39 is 29.8 Å². The van der Waals surface area contributed by atoms with Gasteiger partial charge in [-0.15, -0.1) is 11.6 Å². The Hall–Kier alpha value is 0.130. The van der Waals surface area contributed by atoms with Gasteiger partial charge in [0.1, 0.15) is 24.4 Å². The van der Waals surface area contributed by atoms with Gasteiger partial charge in [-0.25, -0.2) is 0 Å². The minimum absolute atomic E-state index is 0.981. The summed E-state index contributed by atoms with van der Waals surface area (Å²) in [6, 6.07) is 0. The van der Waals surface area contributed by atoms with Gasteiger partial charge in [0.15, 0.2) is 0 Å². The lowest BCUT2D eigenvalue weighted by Gasteiger charge is -2.09. The number of aliphatic hydroxyl groups excluding tert-OH is 4. The van der Waals surface area contributed by atoms with Gasteiger partial charge in [-0.1, -0.05) is 0 Å². The third-order valence-electron chi connectivity index (χ3n) is 1.70. The number of rotatable bonds is 0. The maximum Gasteiger partial charge on any atom is 0.110 e. The largest absolute Gasteiger partial charge is 0.389 e. The van der Waals surface area contributed by atoms with Crippen LogP contribution in [0.15, 0.2) is 0 Å². The molecule has 4 nitrogen and oxygen atoms in total. The quantitative estimate of drug-likeness (QED) is 0.317. The second-order valence-electron chi connectivity index (χ2n) is 2.41. The van der Waals surface area contributed by atoms with E-state index in [-0.39, 0.29) is 0 Å². The lowest BCUT2D eigenvalue weighted by atomic mass is 10.2. The molecule has 0 aromatic rings. The fourth-order valence-corrected chi connectivity index (χ4v) is 1.28. The van der Waals surface area contributed by atoms with Crippen LogP contribution >= 0.6 is 11.6 Å². The Bertz CT molecular complexity index is 86.0. The molecule has 1 aliphatic carbocycles. The van der Waals surface area contributed by atoms with Crippen LogP contribution in [0.3, 0.4) is 0 Å². The van der Waals surface area contributed by atoms with Gasteiger partial charge in [-0.05, 0) is 0 Å². The van der Waals surface area contributed by atoms with E-state index in [1.807, 2.05) is 0 Å². The first-order chi connectivity index (χ1) is 4.55. The topological polar surface area (TPSA) is 80.9 Å². The monoisotopic (exact) mass is 168 g/mol. The van der Waals surface area contributed by atoms with Crippen LogP contribution in [0.1, 0.15) is 0 Å². The van der Waals surface area contributed by atoms with Crippen LogP contribution in [-0.2, 0) is 0 Å². The first-order valence-corrected chi connectivity index (χ1v) is 3.35. The Morgan fingerprint density at radius 1 is 0.700 bits per heavy atom. The molecule has 10 heavy (non-hydrogen) atoms. The molecule has 1 saturated carbocycles. The summed E-state index contributed by atoms with van der Waals surface area (Å²) >= 11 is 5.38. The standard InChI is InChI=1S/C5H9ClO4/c6-1-2(7)4(9)5(10)3(1)8/h1-5,7-10H. The zero-order valence-corrected chi connectivity index (χ0v) is 5.81. The lowest BCUT2D eigenvalue weighted by molar-refractivity contribution is -0.0413. The van der Waals surface area contributed by atoms with E-state index in [0.717, 1.165) is 0 Å². The second kappa shape index (κ2) is 2.64. The normalized spacial score (nSPS) is 55.5. The number of hydrogen-bond acceptors (Lipinski definition) is 4. The smallest absolute Gasteiger partial charge is 0.110 e. The molecule has 0 aromatic carbocycles. The SMILES string of the molecule is OC1C(O)C(O)C(Cl)C1O. The van der Waals surface area contributed by atoms with Crippen molar-refractivity contribution >= 4 is 11.6 Å². The van der Waals surface area contributed by atoms with Crippen molar-refractivity contribution in [1.82, 2.24) is 0 Å². The average molecular weight is 169 g/mol. The third kappa shape index (κ3) is 1.02. The zero-order valence-electron chi connectivity index (χ0n) is 5.05. The van der Waals surface area contributed by atoms with Crippen molar-refractivity contribution in [2.75, 3.05) is 0 Å². The predicted molar refractivity (Wildman–Crippen MR) is 33.7 cm³/mol. The molecule has 0 aliphatic heterocycles. The average Bonchev–Trinajstić information content (AvgIpc) is 2.07. The molecule has 0 radical (unpaired) electrons. The van der Waals surface area contributed by atoms with Gasteiger partial charge in [0, 0.05) is 0 Å². The van der Waals surface area contributed by atoms with Gasteiger partial charge in [-0.3, -0.25) is 0 Å². The molecule has 4 atom stereocenters. The van der Waals surface area contributed by atoms with Crippen molar-refractivity contribution in [3.05, 3.63) is 0 Å². The van der Waals surface area contributed by atoms with Crippen LogP contribution in [0.5, 0.6) is 0 Å². The summed E-state index contributed by atoms with van der Waals surface area (Å²) in [6.45, 7) is 0. The highest BCUT2D eigenvalue weighted by Crippen LogP contribution is 2.25. The van der Waals surface area contributed by atoms with E-state index in [2.05, 4.69) is 0 Å². The highest BCUT2D eigenvalue weighted by atomic mass is 35.5. The summed E-state index contributed by atoms with van der Waals surface area (Å²) < 4.78 is 0. The summed E-state index contributed by atoms with van der Waals surface area (Å²) in [7, 11) is 0. The third-order valence-corrected chi connectivity index (χ3v) is 2.22. The van der Waals surface area contributed by atoms with Crippen LogP contribution in [-0.4, -0.2) is 50.2 Å². The molecular formula is C5H9ClO4. The van der Waals surface area contributed by atoms with E-state index in [0.29, 0.717) is 0 Å². The van der Waals surface area contributed by atoms with Crippen LogP contribution in [0.2, 0.25) is 0 Å². The van der Waals surface area contributed by atoms with Crippen molar-refractivity contribution < 1.29 is 20.4 Å². The maximum atomic E-state index is 8.91. The van der Waals surface area contributed by atoms with Crippen molar-refractivity contribution in [2.45, 2.75) is 29.8 Å². The lowest BCUT2D eigenvalue weighted by Crippen LogP contribution is -2.32. The highest BCUT2D eigenvalue weighted by Gasteiger charge is 2.47. The minimum Gasteiger partial charge on any atom is -0.389 e. The van der Waals surface area contributed by atoms with Gasteiger partial charge in [0.25, 0.3) is 0 Å². The molecule has 0 heterocycles. The first-order valence-electron chi connectivity index (χ1n) is 2.92. The number of alkyl halides is 1. The van der Waals surface area contributed by atoms with Crippen molar-refractivity contribution in [2.24, 2.45) is 0 Å². The van der Waals surface area contributed by atoms with E-state index >= 15 is 0 Å². The molecule has 60 valence electrons. The van der Waals surface area contributed by atoms with E-state index in [1.165, 1.54) is 0 Å². The summed E-state index contributed by atoms with van der Waals surface area (Å²) in [5.41, 5.74) is 0. The Balaban J connectivity index is 2.68. The first kappa shape index (κ1) is 8.23. The van der Waals surface area contributed by atoms with Crippen LogP contribution < -0.4 is 0 Å². The zero-order chi connectivity index (χ0) is 7.89. The number of aliphatic hydroxyl groups is 4. The van der Waals surface area contributed by atoms with E-state index in [4.69, 9.17) is 32.0 Å². The summed E-state index contributed by atoms with van der Waals surface area (Å²) in [6.07, 6.45) is -5.16.